The maximum Gasteiger partial charge on any atom is 0.242 e. The molecule has 0 bridgehead atoms. The number of ether oxygens (including phenoxy) is 1. The van der Waals surface area contributed by atoms with Gasteiger partial charge in [-0.3, -0.25) is 0 Å². The van der Waals surface area contributed by atoms with E-state index in [4.69, 9.17) is 4.74 Å². The number of tetrazole rings is 1. The van der Waals surface area contributed by atoms with Crippen LogP contribution in [0.15, 0.2) is 0 Å². The van der Waals surface area contributed by atoms with Crippen molar-refractivity contribution in [3.63, 3.8) is 0 Å². The topological polar surface area (TPSA) is 64.9 Å². The molecule has 1 fully saturated rings. The van der Waals surface area contributed by atoms with Crippen LogP contribution in [-0.4, -0.2) is 39.5 Å². The first-order valence-corrected chi connectivity index (χ1v) is 4.43. The van der Waals surface area contributed by atoms with Gasteiger partial charge >= 0.3 is 0 Å². The average Bonchev–Trinajstić information content (AvgIpc) is 2.54. The zero-order valence-electron chi connectivity index (χ0n) is 7.60. The second-order valence-electron chi connectivity index (χ2n) is 3.16. The Balaban J connectivity index is 1.93. The van der Waals surface area contributed by atoms with E-state index in [2.05, 4.69) is 20.8 Å². The van der Waals surface area contributed by atoms with Crippen molar-refractivity contribution in [2.24, 2.45) is 7.05 Å². The van der Waals surface area contributed by atoms with Gasteiger partial charge in [-0.25, -0.2) is 4.68 Å². The van der Waals surface area contributed by atoms with Gasteiger partial charge in [0.25, 0.3) is 0 Å². The third-order valence-electron chi connectivity index (χ3n) is 2.17. The molecule has 0 aliphatic carbocycles. The zero-order chi connectivity index (χ0) is 9.10. The molecule has 1 aliphatic heterocycles. The first-order valence-electron chi connectivity index (χ1n) is 4.43. The molecular weight excluding hydrogens is 170 g/mol. The van der Waals surface area contributed by atoms with Crippen molar-refractivity contribution in [1.29, 1.82) is 0 Å². The quantitative estimate of drug-likeness (QED) is 0.688. The molecule has 0 atom stereocenters. The molecule has 1 aliphatic rings. The molecule has 1 aromatic rings. The average molecular weight is 183 g/mol. The van der Waals surface area contributed by atoms with Gasteiger partial charge in [-0.05, 0) is 23.3 Å². The smallest absolute Gasteiger partial charge is 0.242 e. The highest BCUT2D eigenvalue weighted by Crippen LogP contribution is 2.11. The lowest BCUT2D eigenvalue weighted by Gasteiger charge is -2.22. The van der Waals surface area contributed by atoms with Crippen molar-refractivity contribution in [2.45, 2.75) is 18.9 Å². The van der Waals surface area contributed by atoms with E-state index in [0.717, 1.165) is 32.0 Å². The van der Waals surface area contributed by atoms with Crippen LogP contribution in [0.2, 0.25) is 0 Å². The molecule has 1 saturated heterocycles. The molecule has 0 radical (unpaired) electrons. The molecular formula is C7H13N5O. The van der Waals surface area contributed by atoms with Gasteiger partial charge in [0.2, 0.25) is 5.95 Å². The van der Waals surface area contributed by atoms with E-state index in [9.17, 15) is 0 Å². The normalized spacial score (nSPS) is 18.8. The lowest BCUT2D eigenvalue weighted by Crippen LogP contribution is -2.29. The van der Waals surface area contributed by atoms with Crippen molar-refractivity contribution in [2.75, 3.05) is 18.5 Å². The fourth-order valence-corrected chi connectivity index (χ4v) is 1.38. The Kier molecular flexibility index (Phi) is 2.40. The lowest BCUT2D eigenvalue weighted by atomic mass is 10.1. The second-order valence-corrected chi connectivity index (χ2v) is 3.16. The van der Waals surface area contributed by atoms with Crippen LogP contribution in [0.1, 0.15) is 12.8 Å². The Morgan fingerprint density at radius 2 is 2.23 bits per heavy atom. The van der Waals surface area contributed by atoms with E-state index < -0.39 is 0 Å². The highest BCUT2D eigenvalue weighted by Gasteiger charge is 2.15. The molecule has 0 saturated carbocycles. The molecule has 0 amide bonds. The van der Waals surface area contributed by atoms with E-state index in [1.54, 1.807) is 4.68 Å². The van der Waals surface area contributed by atoms with E-state index in [0.29, 0.717) is 6.04 Å². The number of hydrogen-bond acceptors (Lipinski definition) is 5. The van der Waals surface area contributed by atoms with Crippen molar-refractivity contribution in [3.8, 4) is 0 Å². The van der Waals surface area contributed by atoms with E-state index in [-0.39, 0.29) is 0 Å². The summed E-state index contributed by atoms with van der Waals surface area (Å²) in [5.41, 5.74) is 0. The third kappa shape index (κ3) is 1.95. The van der Waals surface area contributed by atoms with Gasteiger partial charge in [0.1, 0.15) is 0 Å². The molecule has 0 aromatic carbocycles. The van der Waals surface area contributed by atoms with Gasteiger partial charge in [-0.15, -0.1) is 0 Å². The van der Waals surface area contributed by atoms with Crippen LogP contribution in [0.4, 0.5) is 5.95 Å². The zero-order valence-corrected chi connectivity index (χ0v) is 7.60. The van der Waals surface area contributed by atoms with Crippen LogP contribution < -0.4 is 5.32 Å². The summed E-state index contributed by atoms with van der Waals surface area (Å²) in [7, 11) is 1.82. The van der Waals surface area contributed by atoms with Crippen LogP contribution in [0.3, 0.4) is 0 Å². The van der Waals surface area contributed by atoms with E-state index >= 15 is 0 Å². The molecule has 1 aromatic heterocycles. The first-order chi connectivity index (χ1) is 6.36. The predicted molar refractivity (Wildman–Crippen MR) is 46.3 cm³/mol. The van der Waals surface area contributed by atoms with Crippen LogP contribution in [0.25, 0.3) is 0 Å². The summed E-state index contributed by atoms with van der Waals surface area (Å²) in [4.78, 5) is 0. The van der Waals surface area contributed by atoms with Gasteiger partial charge < -0.3 is 10.1 Å². The Bertz CT molecular complexity index is 268. The molecule has 2 rings (SSSR count). The predicted octanol–water partition coefficient (Wildman–Crippen LogP) is -0.199. The van der Waals surface area contributed by atoms with Crippen molar-refractivity contribution in [3.05, 3.63) is 0 Å². The Morgan fingerprint density at radius 1 is 1.46 bits per heavy atom. The van der Waals surface area contributed by atoms with Gasteiger partial charge in [0, 0.05) is 26.3 Å². The minimum absolute atomic E-state index is 0.443. The minimum atomic E-state index is 0.443. The highest BCUT2D eigenvalue weighted by molar-refractivity contribution is 5.23. The molecule has 72 valence electrons. The van der Waals surface area contributed by atoms with Crippen molar-refractivity contribution >= 4 is 5.95 Å². The molecule has 1 N–H and O–H groups in total. The summed E-state index contributed by atoms with van der Waals surface area (Å²) in [6.45, 7) is 1.64. The summed E-state index contributed by atoms with van der Waals surface area (Å²) in [5.74, 6) is 0.729. The fourth-order valence-electron chi connectivity index (χ4n) is 1.38. The first kappa shape index (κ1) is 8.43. The maximum atomic E-state index is 5.25. The Hall–Kier alpha value is -1.17. The molecule has 6 heteroatoms. The standard InChI is InChI=1S/C7H13N5O/c1-12-7(9-10-11-12)8-6-2-4-13-5-3-6/h6H,2-5H2,1H3,(H,8,9,11). The largest absolute Gasteiger partial charge is 0.381 e. The van der Waals surface area contributed by atoms with Crippen LogP contribution in [0.5, 0.6) is 0 Å². The van der Waals surface area contributed by atoms with Crippen LogP contribution >= 0.6 is 0 Å². The number of nitrogens with zero attached hydrogens (tertiary/aromatic N) is 4. The molecule has 0 spiro atoms. The van der Waals surface area contributed by atoms with Crippen LogP contribution in [-0.2, 0) is 11.8 Å². The fraction of sp³-hybridized carbons (Fsp3) is 0.857. The summed E-state index contributed by atoms with van der Waals surface area (Å²) >= 11 is 0. The van der Waals surface area contributed by atoms with Gasteiger partial charge in [-0.2, -0.15) is 0 Å². The molecule has 2 heterocycles. The van der Waals surface area contributed by atoms with Crippen LogP contribution in [0, 0.1) is 0 Å². The number of nitrogens with one attached hydrogen (secondary N) is 1. The summed E-state index contributed by atoms with van der Waals surface area (Å²) in [6, 6.07) is 0.443. The summed E-state index contributed by atoms with van der Waals surface area (Å²) < 4.78 is 6.89. The van der Waals surface area contributed by atoms with E-state index in [1.807, 2.05) is 7.05 Å². The van der Waals surface area contributed by atoms with Gasteiger partial charge in [0.05, 0.1) is 0 Å². The van der Waals surface area contributed by atoms with Gasteiger partial charge in [-0.1, -0.05) is 5.10 Å². The number of anilines is 1. The Labute approximate surface area is 76.3 Å². The monoisotopic (exact) mass is 183 g/mol. The lowest BCUT2D eigenvalue weighted by molar-refractivity contribution is 0.0902. The van der Waals surface area contributed by atoms with E-state index in [1.165, 1.54) is 0 Å². The summed E-state index contributed by atoms with van der Waals surface area (Å²) in [5, 5.41) is 14.4. The van der Waals surface area contributed by atoms with Crippen molar-refractivity contribution < 1.29 is 4.74 Å². The second kappa shape index (κ2) is 3.69. The minimum Gasteiger partial charge on any atom is -0.381 e. The maximum absolute atomic E-state index is 5.25. The molecule has 0 unspecified atom stereocenters. The SMILES string of the molecule is Cn1nnnc1NC1CCOCC1. The summed E-state index contributed by atoms with van der Waals surface area (Å²) in [6.07, 6.45) is 2.04. The molecule has 6 nitrogen and oxygen atoms in total. The Morgan fingerprint density at radius 3 is 2.85 bits per heavy atom. The van der Waals surface area contributed by atoms with Crippen molar-refractivity contribution in [1.82, 2.24) is 20.2 Å². The van der Waals surface area contributed by atoms with Gasteiger partial charge in [0.15, 0.2) is 0 Å². The number of rotatable bonds is 2. The highest BCUT2D eigenvalue weighted by atomic mass is 16.5. The number of aromatic nitrogens is 4. The number of aryl methyl sites for hydroxylation is 1. The molecule has 13 heavy (non-hydrogen) atoms. The third-order valence-corrected chi connectivity index (χ3v) is 2.17. The number of hydrogen-bond donors (Lipinski definition) is 1.